The molecule has 3 nitrogen and oxygen atoms in total. The van der Waals surface area contributed by atoms with E-state index in [0.717, 1.165) is 17.9 Å². The highest BCUT2D eigenvalue weighted by Gasteiger charge is 2.21. The number of hydrogen-bond donors (Lipinski definition) is 1. The van der Waals surface area contributed by atoms with Crippen LogP contribution < -0.4 is 10.1 Å². The van der Waals surface area contributed by atoms with Gasteiger partial charge in [-0.2, -0.15) is 0 Å². The lowest BCUT2D eigenvalue weighted by molar-refractivity contribution is 0.285. The van der Waals surface area contributed by atoms with Gasteiger partial charge in [0.15, 0.2) is 0 Å². The third-order valence-corrected chi connectivity index (χ3v) is 3.16. The van der Waals surface area contributed by atoms with Crippen LogP contribution in [0.15, 0.2) is 12.3 Å². The Morgan fingerprint density at radius 1 is 1.42 bits per heavy atom. The molecule has 19 heavy (non-hydrogen) atoms. The molecule has 0 aromatic carbocycles. The van der Waals surface area contributed by atoms with E-state index < -0.39 is 0 Å². The van der Waals surface area contributed by atoms with E-state index in [4.69, 9.17) is 4.74 Å². The van der Waals surface area contributed by atoms with Crippen molar-refractivity contribution in [2.24, 2.45) is 5.92 Å². The summed E-state index contributed by atoms with van der Waals surface area (Å²) in [4.78, 5) is 4.06. The molecule has 1 aromatic heterocycles. The van der Waals surface area contributed by atoms with Gasteiger partial charge in [-0.25, -0.2) is 9.37 Å². The summed E-state index contributed by atoms with van der Waals surface area (Å²) in [5.74, 6) is 1.07. The van der Waals surface area contributed by atoms with Crippen molar-refractivity contribution in [1.29, 1.82) is 0 Å². The number of halogens is 1. The summed E-state index contributed by atoms with van der Waals surface area (Å²) in [5, 5.41) is 3.33. The van der Waals surface area contributed by atoms with Crippen LogP contribution in [0.3, 0.4) is 0 Å². The summed E-state index contributed by atoms with van der Waals surface area (Å²) >= 11 is 0. The maximum atomic E-state index is 13.3. The zero-order valence-electron chi connectivity index (χ0n) is 12.0. The van der Waals surface area contributed by atoms with Gasteiger partial charge in [-0.05, 0) is 39.2 Å². The zero-order chi connectivity index (χ0) is 13.9. The number of ether oxygens (including phenoxy) is 1. The van der Waals surface area contributed by atoms with Gasteiger partial charge in [0, 0.05) is 17.6 Å². The molecule has 0 saturated heterocycles. The van der Waals surface area contributed by atoms with Gasteiger partial charge >= 0.3 is 0 Å². The van der Waals surface area contributed by atoms with Crippen molar-refractivity contribution < 1.29 is 9.13 Å². The third-order valence-electron chi connectivity index (χ3n) is 3.16. The molecular formula is C15H23FN2O. The van der Waals surface area contributed by atoms with Crippen LogP contribution in [-0.2, 0) is 6.54 Å². The molecule has 0 bridgehead atoms. The van der Waals surface area contributed by atoms with Crippen LogP contribution in [0.4, 0.5) is 4.39 Å². The second-order valence-electron chi connectivity index (χ2n) is 6.30. The monoisotopic (exact) mass is 266 g/mol. The fraction of sp³-hybridized carbons (Fsp3) is 0.667. The van der Waals surface area contributed by atoms with Gasteiger partial charge in [-0.15, -0.1) is 0 Å². The first-order valence-corrected chi connectivity index (χ1v) is 6.96. The lowest BCUT2D eigenvalue weighted by Gasteiger charge is -2.21. The molecule has 0 atom stereocenters. The second kappa shape index (κ2) is 5.87. The molecule has 0 radical (unpaired) electrons. The van der Waals surface area contributed by atoms with Crippen molar-refractivity contribution in [1.82, 2.24) is 10.3 Å². The minimum atomic E-state index is -0.319. The average Bonchev–Trinajstić information content (AvgIpc) is 3.12. The smallest absolute Gasteiger partial charge is 0.218 e. The largest absolute Gasteiger partial charge is 0.477 e. The van der Waals surface area contributed by atoms with Crippen LogP contribution in [0.5, 0.6) is 5.88 Å². The second-order valence-corrected chi connectivity index (χ2v) is 6.30. The lowest BCUT2D eigenvalue weighted by atomic mass is 10.1. The van der Waals surface area contributed by atoms with Crippen LogP contribution in [0.2, 0.25) is 0 Å². The maximum Gasteiger partial charge on any atom is 0.218 e. The molecule has 1 aliphatic rings. The minimum Gasteiger partial charge on any atom is -0.477 e. The summed E-state index contributed by atoms with van der Waals surface area (Å²) in [6.45, 7) is 7.47. The summed E-state index contributed by atoms with van der Waals surface area (Å²) in [7, 11) is 0. The van der Waals surface area contributed by atoms with E-state index in [0.29, 0.717) is 19.0 Å². The van der Waals surface area contributed by atoms with E-state index >= 15 is 0 Å². The molecular weight excluding hydrogens is 243 g/mol. The van der Waals surface area contributed by atoms with Gasteiger partial charge in [-0.3, -0.25) is 0 Å². The molecule has 2 rings (SSSR count). The third kappa shape index (κ3) is 5.15. The molecule has 0 spiro atoms. The lowest BCUT2D eigenvalue weighted by Crippen LogP contribution is -2.35. The van der Waals surface area contributed by atoms with Crippen molar-refractivity contribution >= 4 is 0 Å². The van der Waals surface area contributed by atoms with Gasteiger partial charge in [0.05, 0.1) is 12.8 Å². The molecule has 1 N–H and O–H groups in total. The van der Waals surface area contributed by atoms with E-state index in [1.165, 1.54) is 25.1 Å². The van der Waals surface area contributed by atoms with Crippen LogP contribution >= 0.6 is 0 Å². The fourth-order valence-electron chi connectivity index (χ4n) is 1.81. The van der Waals surface area contributed by atoms with E-state index in [-0.39, 0.29) is 11.4 Å². The normalized spacial score (nSPS) is 15.6. The quantitative estimate of drug-likeness (QED) is 0.858. The van der Waals surface area contributed by atoms with Crippen molar-refractivity contribution in [3.63, 3.8) is 0 Å². The summed E-state index contributed by atoms with van der Waals surface area (Å²) in [6, 6.07) is 1.50. The van der Waals surface area contributed by atoms with Crippen molar-refractivity contribution in [3.8, 4) is 5.88 Å². The maximum absolute atomic E-state index is 13.3. The predicted molar refractivity (Wildman–Crippen MR) is 73.6 cm³/mol. The highest BCUT2D eigenvalue weighted by atomic mass is 19.1. The Kier molecular flexibility index (Phi) is 4.40. The molecule has 1 saturated carbocycles. The first kappa shape index (κ1) is 14.3. The highest BCUT2D eigenvalue weighted by Crippen LogP contribution is 2.32. The van der Waals surface area contributed by atoms with Crippen LogP contribution in [0, 0.1) is 11.7 Å². The van der Waals surface area contributed by atoms with Gasteiger partial charge in [0.2, 0.25) is 5.88 Å². The summed E-state index contributed by atoms with van der Waals surface area (Å²) in [5.41, 5.74) is 0.767. The molecule has 1 fully saturated rings. The SMILES string of the molecule is CC(C)(C)NCc1cc(F)cnc1OCCC1CC1. The fourth-order valence-corrected chi connectivity index (χ4v) is 1.81. The Morgan fingerprint density at radius 2 is 2.16 bits per heavy atom. The van der Waals surface area contributed by atoms with Gasteiger partial charge in [-0.1, -0.05) is 12.8 Å². The Balaban J connectivity index is 1.95. The standard InChI is InChI=1S/C15H23FN2O/c1-15(2,3)18-9-12-8-13(16)10-17-14(12)19-7-6-11-4-5-11/h8,10-11,18H,4-7,9H2,1-3H3. The van der Waals surface area contributed by atoms with Crippen molar-refractivity contribution in [2.75, 3.05) is 6.61 Å². The van der Waals surface area contributed by atoms with E-state index in [1.807, 2.05) is 0 Å². The number of nitrogens with zero attached hydrogens (tertiary/aromatic N) is 1. The molecule has 106 valence electrons. The average molecular weight is 266 g/mol. The zero-order valence-corrected chi connectivity index (χ0v) is 12.0. The molecule has 0 amide bonds. The molecule has 0 unspecified atom stereocenters. The molecule has 1 aliphatic carbocycles. The molecule has 1 heterocycles. The van der Waals surface area contributed by atoms with Crippen LogP contribution in [-0.4, -0.2) is 17.1 Å². The first-order valence-electron chi connectivity index (χ1n) is 6.96. The molecule has 4 heteroatoms. The number of aromatic nitrogens is 1. The number of nitrogens with one attached hydrogen (secondary N) is 1. The highest BCUT2D eigenvalue weighted by molar-refractivity contribution is 5.26. The Bertz CT molecular complexity index is 425. The minimum absolute atomic E-state index is 0.0163. The topological polar surface area (TPSA) is 34.2 Å². The van der Waals surface area contributed by atoms with E-state index in [9.17, 15) is 4.39 Å². The van der Waals surface area contributed by atoms with Crippen molar-refractivity contribution in [3.05, 3.63) is 23.6 Å². The summed E-state index contributed by atoms with van der Waals surface area (Å²) < 4.78 is 19.0. The predicted octanol–water partition coefficient (Wildman–Crippen LogP) is 3.29. The Morgan fingerprint density at radius 3 is 2.79 bits per heavy atom. The van der Waals surface area contributed by atoms with Gasteiger partial charge in [0.1, 0.15) is 5.82 Å². The molecule has 1 aromatic rings. The van der Waals surface area contributed by atoms with Gasteiger partial charge < -0.3 is 10.1 Å². The van der Waals surface area contributed by atoms with Crippen LogP contribution in [0.25, 0.3) is 0 Å². The van der Waals surface area contributed by atoms with Crippen molar-refractivity contribution in [2.45, 2.75) is 52.1 Å². The van der Waals surface area contributed by atoms with Gasteiger partial charge in [0.25, 0.3) is 0 Å². The first-order chi connectivity index (χ1) is 8.94. The van der Waals surface area contributed by atoms with Crippen LogP contribution in [0.1, 0.15) is 45.6 Å². The number of pyridine rings is 1. The van der Waals surface area contributed by atoms with E-state index in [2.05, 4.69) is 31.1 Å². The summed E-state index contributed by atoms with van der Waals surface area (Å²) in [6.07, 6.45) is 4.93. The Hall–Kier alpha value is -1.16. The Labute approximate surface area is 114 Å². The number of hydrogen-bond acceptors (Lipinski definition) is 3. The van der Waals surface area contributed by atoms with E-state index in [1.54, 1.807) is 0 Å². The number of rotatable bonds is 6. The molecule has 0 aliphatic heterocycles.